The minimum atomic E-state index is -0.139. The number of methoxy groups -OCH3 is 2. The van der Waals surface area contributed by atoms with Gasteiger partial charge in [-0.2, -0.15) is 0 Å². The van der Waals surface area contributed by atoms with E-state index in [0.29, 0.717) is 29.6 Å². The molecule has 0 spiro atoms. The van der Waals surface area contributed by atoms with Crippen LogP contribution < -0.4 is 18.9 Å². The molecule has 2 aliphatic rings. The zero-order valence-corrected chi connectivity index (χ0v) is 12.3. The third-order valence-corrected chi connectivity index (χ3v) is 4.26. The topological polar surface area (TPSA) is 57.2 Å². The molecule has 0 amide bonds. The van der Waals surface area contributed by atoms with Crippen LogP contribution in [0.1, 0.15) is 23.1 Å². The van der Waals surface area contributed by atoms with Crippen molar-refractivity contribution in [1.29, 1.82) is 0 Å². The maximum absolute atomic E-state index is 9.60. The van der Waals surface area contributed by atoms with E-state index in [1.54, 1.807) is 26.4 Å². The highest BCUT2D eigenvalue weighted by Crippen LogP contribution is 2.56. The van der Waals surface area contributed by atoms with Crippen LogP contribution in [0.4, 0.5) is 0 Å². The summed E-state index contributed by atoms with van der Waals surface area (Å²) in [6.45, 7) is 0.504. The molecule has 5 nitrogen and oxygen atoms in total. The number of phenolic OH excluding ortho intramolecular Hbond substituents is 1. The van der Waals surface area contributed by atoms with Crippen molar-refractivity contribution in [3.8, 4) is 28.7 Å². The molecule has 114 valence electrons. The fraction of sp³-hybridized carbons (Fsp3) is 0.294. The first kappa shape index (κ1) is 13.1. The Labute approximate surface area is 128 Å². The standard InChI is InChI=1S/C17H16O5/c1-19-13-6-5-10-12-8-21-14-7-9(18)3-4-11(14)15(12)22-16(10)17(13)20-2/h3-7,12,15,18H,8H2,1-2H3. The van der Waals surface area contributed by atoms with E-state index in [-0.39, 0.29) is 17.8 Å². The maximum Gasteiger partial charge on any atom is 0.203 e. The summed E-state index contributed by atoms with van der Waals surface area (Å²) < 4.78 is 22.8. The molecular weight excluding hydrogens is 284 g/mol. The average molecular weight is 300 g/mol. The molecule has 2 heterocycles. The summed E-state index contributed by atoms with van der Waals surface area (Å²) in [6, 6.07) is 8.99. The number of hydrogen-bond donors (Lipinski definition) is 1. The lowest BCUT2D eigenvalue weighted by Crippen LogP contribution is -2.22. The normalized spacial score (nSPS) is 21.0. The molecule has 0 bridgehead atoms. The molecule has 4 rings (SSSR count). The van der Waals surface area contributed by atoms with E-state index < -0.39 is 0 Å². The highest BCUT2D eigenvalue weighted by atomic mass is 16.5. The summed E-state index contributed by atoms with van der Waals surface area (Å²) in [5, 5.41) is 9.60. The Balaban J connectivity index is 1.82. The van der Waals surface area contributed by atoms with Crippen molar-refractivity contribution in [3.05, 3.63) is 41.5 Å². The Morgan fingerprint density at radius 2 is 1.91 bits per heavy atom. The predicted molar refractivity (Wildman–Crippen MR) is 79.3 cm³/mol. The molecule has 0 radical (unpaired) electrons. The lowest BCUT2D eigenvalue weighted by atomic mass is 9.89. The van der Waals surface area contributed by atoms with E-state index in [0.717, 1.165) is 11.1 Å². The average Bonchev–Trinajstić information content (AvgIpc) is 2.92. The second kappa shape index (κ2) is 4.73. The van der Waals surface area contributed by atoms with Crippen molar-refractivity contribution < 1.29 is 24.1 Å². The number of aromatic hydroxyl groups is 1. The Hall–Kier alpha value is -2.56. The zero-order valence-electron chi connectivity index (χ0n) is 12.3. The van der Waals surface area contributed by atoms with Gasteiger partial charge in [0.1, 0.15) is 17.6 Å². The fourth-order valence-corrected chi connectivity index (χ4v) is 3.22. The van der Waals surface area contributed by atoms with Gasteiger partial charge in [-0.3, -0.25) is 0 Å². The number of hydrogen-bond acceptors (Lipinski definition) is 5. The molecule has 0 saturated heterocycles. The molecule has 2 aliphatic heterocycles. The van der Waals surface area contributed by atoms with Gasteiger partial charge in [0.05, 0.1) is 26.7 Å². The molecule has 22 heavy (non-hydrogen) atoms. The van der Waals surface area contributed by atoms with E-state index in [9.17, 15) is 5.11 Å². The van der Waals surface area contributed by atoms with Crippen LogP contribution in [0.3, 0.4) is 0 Å². The van der Waals surface area contributed by atoms with Gasteiger partial charge in [-0.25, -0.2) is 0 Å². The number of fused-ring (bicyclic) bond motifs is 5. The molecule has 2 aromatic rings. The molecular formula is C17H16O5. The molecule has 1 N–H and O–H groups in total. The van der Waals surface area contributed by atoms with Crippen LogP contribution in [-0.2, 0) is 0 Å². The van der Waals surface area contributed by atoms with Gasteiger partial charge in [0.25, 0.3) is 0 Å². The Kier molecular flexibility index (Phi) is 2.82. The first-order valence-corrected chi connectivity index (χ1v) is 7.10. The molecule has 5 heteroatoms. The molecule has 0 saturated carbocycles. The SMILES string of the molecule is COc1ccc2c(c1OC)OC1c3ccc(O)cc3OCC21. The van der Waals surface area contributed by atoms with E-state index >= 15 is 0 Å². The predicted octanol–water partition coefficient (Wildman–Crippen LogP) is 3.02. The highest BCUT2D eigenvalue weighted by Gasteiger charge is 2.42. The number of rotatable bonds is 2. The second-order valence-corrected chi connectivity index (χ2v) is 5.40. The summed E-state index contributed by atoms with van der Waals surface area (Å²) in [5.41, 5.74) is 1.99. The summed E-state index contributed by atoms with van der Waals surface area (Å²) in [5.74, 6) is 2.92. The van der Waals surface area contributed by atoms with Gasteiger partial charge in [0.15, 0.2) is 11.5 Å². The maximum atomic E-state index is 9.60. The molecule has 0 aliphatic carbocycles. The van der Waals surface area contributed by atoms with Crippen LogP contribution in [0.2, 0.25) is 0 Å². The van der Waals surface area contributed by atoms with Crippen molar-refractivity contribution in [2.45, 2.75) is 12.0 Å². The van der Waals surface area contributed by atoms with E-state index in [2.05, 4.69) is 0 Å². The third kappa shape index (κ3) is 1.71. The van der Waals surface area contributed by atoms with Gasteiger partial charge in [-0.1, -0.05) is 6.07 Å². The number of phenols is 1. The van der Waals surface area contributed by atoms with Crippen LogP contribution in [0.15, 0.2) is 30.3 Å². The van der Waals surface area contributed by atoms with Gasteiger partial charge in [0.2, 0.25) is 5.75 Å². The molecule has 0 fully saturated rings. The van der Waals surface area contributed by atoms with E-state index in [1.165, 1.54) is 0 Å². The van der Waals surface area contributed by atoms with Crippen molar-refractivity contribution in [2.75, 3.05) is 20.8 Å². The Morgan fingerprint density at radius 3 is 2.68 bits per heavy atom. The summed E-state index contributed by atoms with van der Waals surface area (Å²) >= 11 is 0. The quantitative estimate of drug-likeness (QED) is 0.924. The Morgan fingerprint density at radius 1 is 1.09 bits per heavy atom. The monoisotopic (exact) mass is 300 g/mol. The second-order valence-electron chi connectivity index (χ2n) is 5.40. The highest BCUT2D eigenvalue weighted by molar-refractivity contribution is 5.61. The van der Waals surface area contributed by atoms with Crippen LogP contribution >= 0.6 is 0 Å². The minimum absolute atomic E-state index is 0.104. The van der Waals surface area contributed by atoms with Gasteiger partial charge in [0, 0.05) is 17.2 Å². The molecule has 2 unspecified atom stereocenters. The summed E-state index contributed by atoms with van der Waals surface area (Å²) in [6.07, 6.45) is -0.139. The lowest BCUT2D eigenvalue weighted by Gasteiger charge is -2.27. The summed E-state index contributed by atoms with van der Waals surface area (Å²) in [7, 11) is 3.21. The fourth-order valence-electron chi connectivity index (χ4n) is 3.22. The van der Waals surface area contributed by atoms with Gasteiger partial charge in [-0.15, -0.1) is 0 Å². The molecule has 0 aromatic heterocycles. The Bertz CT molecular complexity index is 740. The summed E-state index contributed by atoms with van der Waals surface area (Å²) in [4.78, 5) is 0. The van der Waals surface area contributed by atoms with Crippen LogP contribution in [0.25, 0.3) is 0 Å². The largest absolute Gasteiger partial charge is 0.508 e. The molecule has 2 atom stereocenters. The van der Waals surface area contributed by atoms with Crippen molar-refractivity contribution in [3.63, 3.8) is 0 Å². The molecule has 2 aromatic carbocycles. The van der Waals surface area contributed by atoms with Gasteiger partial charge < -0.3 is 24.1 Å². The van der Waals surface area contributed by atoms with Gasteiger partial charge >= 0.3 is 0 Å². The van der Waals surface area contributed by atoms with Crippen molar-refractivity contribution in [2.24, 2.45) is 0 Å². The smallest absolute Gasteiger partial charge is 0.203 e. The third-order valence-electron chi connectivity index (χ3n) is 4.26. The minimum Gasteiger partial charge on any atom is -0.508 e. The van der Waals surface area contributed by atoms with Gasteiger partial charge in [-0.05, 0) is 18.2 Å². The van der Waals surface area contributed by atoms with E-state index in [1.807, 2.05) is 18.2 Å². The van der Waals surface area contributed by atoms with Crippen LogP contribution in [-0.4, -0.2) is 25.9 Å². The first-order valence-electron chi connectivity index (χ1n) is 7.10. The lowest BCUT2D eigenvalue weighted by molar-refractivity contribution is 0.136. The number of ether oxygens (including phenoxy) is 4. The van der Waals surface area contributed by atoms with Crippen LogP contribution in [0, 0.1) is 0 Å². The van der Waals surface area contributed by atoms with E-state index in [4.69, 9.17) is 18.9 Å². The number of benzene rings is 2. The van der Waals surface area contributed by atoms with Crippen molar-refractivity contribution in [1.82, 2.24) is 0 Å². The van der Waals surface area contributed by atoms with Crippen molar-refractivity contribution >= 4 is 0 Å². The zero-order chi connectivity index (χ0) is 15.3. The van der Waals surface area contributed by atoms with Crippen LogP contribution in [0.5, 0.6) is 28.7 Å². The first-order chi connectivity index (χ1) is 10.7.